The number of rotatable bonds is 4. The van der Waals surface area contributed by atoms with Crippen molar-refractivity contribution in [3.8, 4) is 5.69 Å². The number of pyridine rings is 1. The third-order valence-corrected chi connectivity index (χ3v) is 7.69. The van der Waals surface area contributed by atoms with E-state index < -0.39 is 0 Å². The summed E-state index contributed by atoms with van der Waals surface area (Å²) in [6.07, 6.45) is 1.86. The van der Waals surface area contributed by atoms with Crippen molar-refractivity contribution in [2.45, 2.75) is 39.8 Å². The quantitative estimate of drug-likeness (QED) is 0.259. The average Bonchev–Trinajstić information content (AvgIpc) is 3.38. The zero-order chi connectivity index (χ0) is 25.7. The Labute approximate surface area is 223 Å². The van der Waals surface area contributed by atoms with Gasteiger partial charge in [0.1, 0.15) is 0 Å². The van der Waals surface area contributed by atoms with E-state index in [1.165, 1.54) is 44.5 Å². The molecule has 2 atom stereocenters. The molecule has 1 N–H and O–H groups in total. The third-order valence-electron chi connectivity index (χ3n) is 7.38. The molecule has 0 spiro atoms. The van der Waals surface area contributed by atoms with Crippen LogP contribution in [0.25, 0.3) is 16.5 Å². The highest BCUT2D eigenvalue weighted by atomic mass is 32.1. The van der Waals surface area contributed by atoms with E-state index in [-0.39, 0.29) is 12.1 Å². The fourth-order valence-electron chi connectivity index (χ4n) is 5.90. The predicted octanol–water partition coefficient (Wildman–Crippen LogP) is 7.44. The minimum atomic E-state index is -0.0732. The molecule has 3 aromatic carbocycles. The number of aryl methyl sites for hydroxylation is 3. The number of fused-ring (bicyclic) bond motifs is 1. The molecule has 3 heterocycles. The van der Waals surface area contributed by atoms with Crippen LogP contribution in [0.1, 0.15) is 45.9 Å². The van der Waals surface area contributed by atoms with Crippen molar-refractivity contribution < 1.29 is 0 Å². The molecule has 0 radical (unpaired) electrons. The number of hydrogen-bond acceptors (Lipinski definition) is 2. The molecule has 0 amide bonds. The van der Waals surface area contributed by atoms with Crippen molar-refractivity contribution in [1.82, 2.24) is 14.9 Å². The van der Waals surface area contributed by atoms with Crippen molar-refractivity contribution in [2.24, 2.45) is 0 Å². The van der Waals surface area contributed by atoms with Gasteiger partial charge in [0.2, 0.25) is 0 Å². The molecule has 1 fully saturated rings. The predicted molar refractivity (Wildman–Crippen MR) is 157 cm³/mol. The van der Waals surface area contributed by atoms with Crippen LogP contribution in [0.5, 0.6) is 0 Å². The van der Waals surface area contributed by atoms with Gasteiger partial charge in [-0.15, -0.1) is 0 Å². The lowest BCUT2D eigenvalue weighted by Crippen LogP contribution is -2.29. The second kappa shape index (κ2) is 9.16. The molecule has 184 valence electrons. The van der Waals surface area contributed by atoms with Crippen LogP contribution >= 0.6 is 12.2 Å². The van der Waals surface area contributed by atoms with Gasteiger partial charge in [0.25, 0.3) is 0 Å². The van der Waals surface area contributed by atoms with Crippen molar-refractivity contribution in [3.63, 3.8) is 0 Å². The molecule has 2 aromatic heterocycles. The normalized spacial score (nSPS) is 17.4. The first kappa shape index (κ1) is 23.4. The lowest BCUT2D eigenvalue weighted by atomic mass is 9.96. The molecule has 0 unspecified atom stereocenters. The van der Waals surface area contributed by atoms with E-state index in [0.29, 0.717) is 0 Å². The summed E-state index contributed by atoms with van der Waals surface area (Å²) in [5, 5.41) is 6.82. The molecule has 0 aliphatic carbocycles. The summed E-state index contributed by atoms with van der Waals surface area (Å²) in [5.41, 5.74) is 9.37. The lowest BCUT2D eigenvalue weighted by Gasteiger charge is -2.29. The molecule has 4 nitrogen and oxygen atoms in total. The van der Waals surface area contributed by atoms with Gasteiger partial charge in [0.05, 0.1) is 23.5 Å². The first-order chi connectivity index (χ1) is 17.9. The summed E-state index contributed by atoms with van der Waals surface area (Å²) < 4.78 is 2.38. The Morgan fingerprint density at radius 1 is 0.811 bits per heavy atom. The minimum Gasteiger partial charge on any atom is -0.351 e. The number of anilines is 1. The largest absolute Gasteiger partial charge is 0.351 e. The van der Waals surface area contributed by atoms with E-state index in [1.807, 2.05) is 18.3 Å². The number of nitrogens with zero attached hydrogens (tertiary/aromatic N) is 3. The van der Waals surface area contributed by atoms with Gasteiger partial charge in [0.15, 0.2) is 5.11 Å². The number of hydrogen-bond donors (Lipinski definition) is 1. The summed E-state index contributed by atoms with van der Waals surface area (Å²) >= 11 is 5.98. The van der Waals surface area contributed by atoms with Crippen LogP contribution in [0.15, 0.2) is 91.1 Å². The molecule has 1 aliphatic heterocycles. The van der Waals surface area contributed by atoms with Gasteiger partial charge in [-0.3, -0.25) is 4.98 Å². The van der Waals surface area contributed by atoms with Crippen molar-refractivity contribution in [1.29, 1.82) is 0 Å². The Morgan fingerprint density at radius 2 is 1.54 bits per heavy atom. The molecule has 6 rings (SSSR count). The lowest BCUT2D eigenvalue weighted by molar-refractivity contribution is 0.565. The van der Waals surface area contributed by atoms with Gasteiger partial charge in [-0.05, 0) is 98.4 Å². The highest BCUT2D eigenvalue weighted by Gasteiger charge is 2.42. The molecule has 5 aromatic rings. The maximum absolute atomic E-state index is 5.98. The molecular weight excluding hydrogens is 472 g/mol. The second-order valence-corrected chi connectivity index (χ2v) is 10.4. The van der Waals surface area contributed by atoms with Crippen LogP contribution in [-0.2, 0) is 0 Å². The molecular formula is C32H30N4S. The van der Waals surface area contributed by atoms with Crippen molar-refractivity contribution >= 4 is 33.8 Å². The van der Waals surface area contributed by atoms with E-state index >= 15 is 0 Å². The van der Waals surface area contributed by atoms with E-state index in [2.05, 4.69) is 115 Å². The highest BCUT2D eigenvalue weighted by Crippen LogP contribution is 2.44. The van der Waals surface area contributed by atoms with Gasteiger partial charge >= 0.3 is 0 Å². The van der Waals surface area contributed by atoms with Gasteiger partial charge in [0, 0.05) is 28.7 Å². The first-order valence-electron chi connectivity index (χ1n) is 12.7. The van der Waals surface area contributed by atoms with Crippen molar-refractivity contribution in [2.75, 3.05) is 4.90 Å². The van der Waals surface area contributed by atoms with E-state index in [1.54, 1.807) is 0 Å². The van der Waals surface area contributed by atoms with Crippen LogP contribution in [-0.4, -0.2) is 14.7 Å². The number of aromatic nitrogens is 2. The summed E-state index contributed by atoms with van der Waals surface area (Å²) in [7, 11) is 0. The standard InChI is InChI=1S/C32H30N4S/c1-20-16-21(2)18-25(17-20)36-31(30(34-32(36)37)28-13-7-8-15-33-28)27-19-22(3)35(23(27)4)29-14-9-11-24-10-5-6-12-26(24)29/h5-19,30-31H,1-4H3,(H,34,37)/t30-,31+/m0/s1. The van der Waals surface area contributed by atoms with E-state index in [0.717, 1.165) is 16.5 Å². The SMILES string of the molecule is Cc1cc(C)cc(N2C(=S)N[C@@H](c3ccccn3)[C@H]2c2cc(C)n(-c3cccc4ccccc34)c2C)c1. The highest BCUT2D eigenvalue weighted by molar-refractivity contribution is 7.80. The van der Waals surface area contributed by atoms with Crippen LogP contribution in [0.2, 0.25) is 0 Å². The Bertz CT molecular complexity index is 1610. The second-order valence-electron chi connectivity index (χ2n) is 10.0. The minimum absolute atomic E-state index is 0.0430. The molecule has 0 saturated carbocycles. The summed E-state index contributed by atoms with van der Waals surface area (Å²) in [6, 6.07) is 30.0. The maximum atomic E-state index is 5.98. The first-order valence-corrected chi connectivity index (χ1v) is 13.1. The number of thiocarbonyl (C=S) groups is 1. The number of benzene rings is 3. The fourth-order valence-corrected chi connectivity index (χ4v) is 6.25. The monoisotopic (exact) mass is 502 g/mol. The van der Waals surface area contributed by atoms with Gasteiger partial charge in [-0.1, -0.05) is 48.5 Å². The molecule has 5 heteroatoms. The average molecular weight is 503 g/mol. The molecule has 0 bridgehead atoms. The fraction of sp³-hybridized carbons (Fsp3) is 0.188. The Morgan fingerprint density at radius 3 is 2.30 bits per heavy atom. The van der Waals surface area contributed by atoms with Crippen LogP contribution in [0.3, 0.4) is 0 Å². The van der Waals surface area contributed by atoms with Crippen LogP contribution in [0, 0.1) is 27.7 Å². The van der Waals surface area contributed by atoms with Gasteiger partial charge < -0.3 is 14.8 Å². The summed E-state index contributed by atoms with van der Waals surface area (Å²) in [5.74, 6) is 0. The van der Waals surface area contributed by atoms with Crippen LogP contribution < -0.4 is 10.2 Å². The Hall–Kier alpha value is -3.96. The van der Waals surface area contributed by atoms with Crippen LogP contribution in [0.4, 0.5) is 5.69 Å². The van der Waals surface area contributed by atoms with E-state index in [4.69, 9.17) is 17.2 Å². The Kier molecular flexibility index (Phi) is 5.81. The van der Waals surface area contributed by atoms with Gasteiger partial charge in [-0.25, -0.2) is 0 Å². The van der Waals surface area contributed by atoms with Gasteiger partial charge in [-0.2, -0.15) is 0 Å². The topological polar surface area (TPSA) is 33.1 Å². The molecule has 1 aliphatic rings. The Balaban J connectivity index is 1.56. The third kappa shape index (κ3) is 4.00. The zero-order valence-electron chi connectivity index (χ0n) is 21.6. The molecule has 1 saturated heterocycles. The smallest absolute Gasteiger partial charge is 0.174 e. The number of nitrogens with one attached hydrogen (secondary N) is 1. The van der Waals surface area contributed by atoms with E-state index in [9.17, 15) is 0 Å². The summed E-state index contributed by atoms with van der Waals surface area (Å²) in [4.78, 5) is 7.02. The van der Waals surface area contributed by atoms with Crippen molar-refractivity contribution in [3.05, 3.63) is 125 Å². The zero-order valence-corrected chi connectivity index (χ0v) is 22.4. The molecule has 37 heavy (non-hydrogen) atoms. The summed E-state index contributed by atoms with van der Waals surface area (Å²) in [6.45, 7) is 8.69. The maximum Gasteiger partial charge on any atom is 0.174 e.